The highest BCUT2D eigenvalue weighted by atomic mass is 15.3. The summed E-state index contributed by atoms with van der Waals surface area (Å²) in [5.41, 5.74) is 3.25. The van der Waals surface area contributed by atoms with Gasteiger partial charge in [-0.1, -0.05) is 18.2 Å². The molecule has 0 bridgehead atoms. The molecule has 0 aliphatic carbocycles. The molecule has 2 aromatic heterocycles. The molecule has 1 atom stereocenters. The van der Waals surface area contributed by atoms with Gasteiger partial charge in [0.1, 0.15) is 5.82 Å². The Kier molecular flexibility index (Phi) is 7.86. The first-order valence-corrected chi connectivity index (χ1v) is 13.7. The molecule has 0 radical (unpaired) electrons. The van der Waals surface area contributed by atoms with Crippen LogP contribution in [0.3, 0.4) is 0 Å². The molecule has 3 N–H and O–H groups in total. The van der Waals surface area contributed by atoms with Gasteiger partial charge in [-0.15, -0.1) is 0 Å². The number of hydrogen-bond acceptors (Lipinski definition) is 7. The molecule has 3 heterocycles. The first-order chi connectivity index (χ1) is 18.0. The summed E-state index contributed by atoms with van der Waals surface area (Å²) < 4.78 is 0. The van der Waals surface area contributed by atoms with Gasteiger partial charge in [-0.05, 0) is 77.8 Å². The van der Waals surface area contributed by atoms with Crippen LogP contribution in [0.15, 0.2) is 42.5 Å². The van der Waals surface area contributed by atoms with Crippen LogP contribution < -0.4 is 15.5 Å². The van der Waals surface area contributed by atoms with Crippen molar-refractivity contribution >= 4 is 39.4 Å². The maximum Gasteiger partial charge on any atom is 0.232 e. The van der Waals surface area contributed by atoms with E-state index < -0.39 is 0 Å². The molecule has 0 amide bonds. The van der Waals surface area contributed by atoms with Crippen LogP contribution in [0.5, 0.6) is 0 Å². The SMILES string of the molecule is CNC(C)N(CCCc1nc(Nc2ccc3[nH]c4ccccc4c3c2)nc(N2CCCCC2)n1)C(C)C.[HH].[HH]. The standard InChI is InChI=1S/C29H40N8.2H2/c1-20(2)37(21(3)30-4)18-10-13-27-33-28(35-29(34-27)36-16-8-5-9-17-36)31-22-14-15-26-24(19-22)23-11-6-7-12-25(23)32-26;;/h6-7,11-12,14-15,19-21,30,32H,5,8-10,13,16-18H2,1-4H3,(H,31,33,34,35);2*1H. The number of nitrogens with zero attached hydrogens (tertiary/aromatic N) is 5. The van der Waals surface area contributed by atoms with Crippen LogP contribution >= 0.6 is 0 Å². The third-order valence-corrected chi connectivity index (χ3v) is 7.47. The third-order valence-electron chi connectivity index (χ3n) is 7.47. The van der Waals surface area contributed by atoms with E-state index in [-0.39, 0.29) is 2.85 Å². The second-order valence-electron chi connectivity index (χ2n) is 10.4. The molecule has 1 aliphatic rings. The number of nitrogens with one attached hydrogen (secondary N) is 3. The Morgan fingerprint density at radius 3 is 2.54 bits per heavy atom. The van der Waals surface area contributed by atoms with Gasteiger partial charge in [0.05, 0.1) is 6.17 Å². The van der Waals surface area contributed by atoms with E-state index in [1.807, 2.05) is 7.05 Å². The number of rotatable bonds is 10. The maximum atomic E-state index is 4.91. The van der Waals surface area contributed by atoms with Crippen LogP contribution in [0.4, 0.5) is 17.6 Å². The fourth-order valence-electron chi connectivity index (χ4n) is 5.35. The van der Waals surface area contributed by atoms with Crippen LogP contribution in [0.25, 0.3) is 21.8 Å². The summed E-state index contributed by atoms with van der Waals surface area (Å²) in [7, 11) is 2.02. The number of anilines is 3. The van der Waals surface area contributed by atoms with Crippen LogP contribution in [0, 0.1) is 0 Å². The number of H-pyrrole nitrogens is 1. The summed E-state index contributed by atoms with van der Waals surface area (Å²) in [6.07, 6.45) is 5.80. The lowest BCUT2D eigenvalue weighted by Gasteiger charge is -2.32. The maximum absolute atomic E-state index is 4.91. The first kappa shape index (κ1) is 25.4. The predicted molar refractivity (Wildman–Crippen MR) is 158 cm³/mol. The molecular weight excluding hydrogens is 460 g/mol. The zero-order chi connectivity index (χ0) is 25.8. The smallest absolute Gasteiger partial charge is 0.232 e. The monoisotopic (exact) mass is 504 g/mol. The van der Waals surface area contributed by atoms with Crippen LogP contribution in [0.1, 0.15) is 55.1 Å². The van der Waals surface area contributed by atoms with E-state index in [4.69, 9.17) is 15.0 Å². The highest BCUT2D eigenvalue weighted by molar-refractivity contribution is 6.08. The van der Waals surface area contributed by atoms with E-state index in [1.165, 1.54) is 30.0 Å². The van der Waals surface area contributed by atoms with Crippen molar-refractivity contribution in [1.29, 1.82) is 0 Å². The molecule has 1 fully saturated rings. The minimum Gasteiger partial charge on any atom is -0.355 e. The number of aromatic amines is 1. The van der Waals surface area contributed by atoms with Gasteiger partial charge < -0.3 is 20.5 Å². The van der Waals surface area contributed by atoms with Crippen molar-refractivity contribution in [2.75, 3.05) is 36.9 Å². The van der Waals surface area contributed by atoms with Gasteiger partial charge >= 0.3 is 0 Å². The number of hydrogen-bond donors (Lipinski definition) is 3. The second-order valence-corrected chi connectivity index (χ2v) is 10.4. The van der Waals surface area contributed by atoms with E-state index in [0.717, 1.165) is 61.0 Å². The van der Waals surface area contributed by atoms with E-state index in [9.17, 15) is 0 Å². The number of benzene rings is 2. The third kappa shape index (κ3) is 5.86. The summed E-state index contributed by atoms with van der Waals surface area (Å²) in [4.78, 5) is 22.9. The largest absolute Gasteiger partial charge is 0.355 e. The van der Waals surface area contributed by atoms with Crippen LogP contribution in [-0.2, 0) is 6.42 Å². The summed E-state index contributed by atoms with van der Waals surface area (Å²) in [6, 6.07) is 15.3. The van der Waals surface area contributed by atoms with Crippen molar-refractivity contribution in [3.8, 4) is 0 Å². The zero-order valence-electron chi connectivity index (χ0n) is 22.6. The van der Waals surface area contributed by atoms with Crippen LogP contribution in [-0.4, -0.2) is 63.7 Å². The average molecular weight is 505 g/mol. The molecule has 37 heavy (non-hydrogen) atoms. The van der Waals surface area contributed by atoms with Crippen molar-refractivity contribution < 1.29 is 2.85 Å². The predicted octanol–water partition coefficient (Wildman–Crippen LogP) is 5.94. The van der Waals surface area contributed by atoms with E-state index in [1.54, 1.807) is 0 Å². The van der Waals surface area contributed by atoms with Gasteiger partial charge in [-0.2, -0.15) is 15.0 Å². The van der Waals surface area contributed by atoms with Crippen LogP contribution in [0.2, 0.25) is 0 Å². The fourth-order valence-corrected chi connectivity index (χ4v) is 5.35. The van der Waals surface area contributed by atoms with Gasteiger partial charge in [-0.25, -0.2) is 0 Å². The Morgan fingerprint density at radius 2 is 1.76 bits per heavy atom. The van der Waals surface area contributed by atoms with Gasteiger partial charge in [0.15, 0.2) is 0 Å². The zero-order valence-corrected chi connectivity index (χ0v) is 22.6. The number of aromatic nitrogens is 4. The van der Waals surface area contributed by atoms with E-state index in [0.29, 0.717) is 18.2 Å². The van der Waals surface area contributed by atoms with E-state index in [2.05, 4.69) is 88.7 Å². The van der Waals surface area contributed by atoms with Crippen molar-refractivity contribution in [3.63, 3.8) is 0 Å². The molecule has 2 aromatic carbocycles. The summed E-state index contributed by atoms with van der Waals surface area (Å²) in [5, 5.41) is 9.28. The van der Waals surface area contributed by atoms with E-state index >= 15 is 0 Å². The number of fused-ring (bicyclic) bond motifs is 3. The minimum atomic E-state index is 0. The molecule has 0 saturated carbocycles. The lowest BCUT2D eigenvalue weighted by atomic mass is 10.1. The molecule has 8 nitrogen and oxygen atoms in total. The normalized spacial score (nSPS) is 15.2. The molecule has 8 heteroatoms. The summed E-state index contributed by atoms with van der Waals surface area (Å²) in [5.74, 6) is 2.27. The van der Waals surface area contributed by atoms with Gasteiger partial charge in [-0.3, -0.25) is 4.90 Å². The highest BCUT2D eigenvalue weighted by Gasteiger charge is 2.18. The number of piperidine rings is 1. The molecule has 200 valence electrons. The summed E-state index contributed by atoms with van der Waals surface area (Å²) >= 11 is 0. The molecule has 4 aromatic rings. The van der Waals surface area contributed by atoms with Crippen molar-refractivity contribution in [1.82, 2.24) is 30.2 Å². The lowest BCUT2D eigenvalue weighted by molar-refractivity contribution is 0.143. The quantitative estimate of drug-likeness (QED) is 0.230. The Hall–Kier alpha value is -3.23. The Morgan fingerprint density at radius 1 is 0.973 bits per heavy atom. The second kappa shape index (κ2) is 11.4. The molecule has 0 spiro atoms. The first-order valence-electron chi connectivity index (χ1n) is 13.7. The summed E-state index contributed by atoms with van der Waals surface area (Å²) in [6.45, 7) is 9.71. The molecule has 1 saturated heterocycles. The van der Waals surface area contributed by atoms with Crippen molar-refractivity contribution in [2.24, 2.45) is 0 Å². The Balaban J connectivity index is 0.00000210. The van der Waals surface area contributed by atoms with Crippen molar-refractivity contribution in [3.05, 3.63) is 48.3 Å². The highest BCUT2D eigenvalue weighted by Crippen LogP contribution is 2.29. The number of para-hydroxylation sites is 1. The van der Waals surface area contributed by atoms with Gasteiger partial charge in [0.2, 0.25) is 11.9 Å². The molecule has 5 rings (SSSR count). The van der Waals surface area contributed by atoms with Gasteiger partial charge in [0.25, 0.3) is 0 Å². The Bertz CT molecular complexity index is 1340. The average Bonchev–Trinajstić information content (AvgIpc) is 3.29. The lowest BCUT2D eigenvalue weighted by Crippen LogP contribution is -2.46. The van der Waals surface area contributed by atoms with Gasteiger partial charge in [0, 0.05) is 62.4 Å². The number of aryl methyl sites for hydroxylation is 1. The van der Waals surface area contributed by atoms with Crippen molar-refractivity contribution in [2.45, 2.75) is 65.1 Å². The molecule has 1 unspecified atom stereocenters. The minimum absolute atomic E-state index is 0. The molecule has 1 aliphatic heterocycles. The topological polar surface area (TPSA) is 85.0 Å². The Labute approximate surface area is 222 Å². The molecular formula is C29H44N8. The fraction of sp³-hybridized carbons (Fsp3) is 0.483.